The van der Waals surface area contributed by atoms with Gasteiger partial charge in [-0.05, 0) is 17.1 Å². The molecule has 1 aromatic carbocycles. The molecule has 2 aromatic heterocycles. The standard InChI is InChI=1S/C16H14N6O4S2/c17-11-12-3-1-2-4-13(12)28(25,26)20-7-5-19(6-8-20)14-15(22(23)24)21-9-10-27-16(21)18-14/h1-4,9-10H,5-8H2. The van der Waals surface area contributed by atoms with E-state index in [4.69, 9.17) is 0 Å². The second kappa shape index (κ2) is 6.86. The maximum atomic E-state index is 12.9. The van der Waals surface area contributed by atoms with Gasteiger partial charge in [-0.25, -0.2) is 8.42 Å². The number of benzene rings is 1. The molecule has 0 bridgehead atoms. The molecular formula is C16H14N6O4S2. The average molecular weight is 418 g/mol. The maximum Gasteiger partial charge on any atom is 0.373 e. The van der Waals surface area contributed by atoms with Crippen molar-refractivity contribution >= 4 is 38.0 Å². The number of rotatable bonds is 4. The van der Waals surface area contributed by atoms with E-state index in [0.717, 1.165) is 0 Å². The average Bonchev–Trinajstić information content (AvgIpc) is 3.29. The quantitative estimate of drug-likeness (QED) is 0.466. The minimum absolute atomic E-state index is 0.0283. The van der Waals surface area contributed by atoms with Gasteiger partial charge in [0.1, 0.15) is 12.3 Å². The Kier molecular flexibility index (Phi) is 4.50. The molecular weight excluding hydrogens is 404 g/mol. The van der Waals surface area contributed by atoms with E-state index >= 15 is 0 Å². The van der Waals surface area contributed by atoms with Gasteiger partial charge in [-0.15, -0.1) is 0 Å². The molecule has 0 saturated carbocycles. The van der Waals surface area contributed by atoms with Crippen molar-refractivity contribution < 1.29 is 13.3 Å². The van der Waals surface area contributed by atoms with Gasteiger partial charge < -0.3 is 15.0 Å². The molecule has 1 saturated heterocycles. The van der Waals surface area contributed by atoms with Crippen molar-refractivity contribution in [2.45, 2.75) is 4.90 Å². The number of hydrogen-bond acceptors (Lipinski definition) is 8. The fourth-order valence-electron chi connectivity index (χ4n) is 3.21. The Bertz CT molecular complexity index is 1200. The summed E-state index contributed by atoms with van der Waals surface area (Å²) < 4.78 is 28.5. The number of imidazole rings is 1. The Morgan fingerprint density at radius 2 is 1.93 bits per heavy atom. The number of nitrogens with zero attached hydrogens (tertiary/aromatic N) is 6. The van der Waals surface area contributed by atoms with Crippen LogP contribution in [0.15, 0.2) is 40.7 Å². The largest absolute Gasteiger partial charge is 0.373 e. The molecule has 1 fully saturated rings. The van der Waals surface area contributed by atoms with Crippen molar-refractivity contribution in [2.24, 2.45) is 0 Å². The van der Waals surface area contributed by atoms with Crippen LogP contribution < -0.4 is 4.90 Å². The van der Waals surface area contributed by atoms with Crippen LogP contribution in [0.2, 0.25) is 0 Å². The molecule has 0 aliphatic carbocycles. The van der Waals surface area contributed by atoms with Crippen molar-refractivity contribution in [3.63, 3.8) is 0 Å². The van der Waals surface area contributed by atoms with Crippen LogP contribution in [0.5, 0.6) is 0 Å². The Morgan fingerprint density at radius 1 is 1.21 bits per heavy atom. The van der Waals surface area contributed by atoms with E-state index in [1.807, 2.05) is 6.07 Å². The zero-order valence-electron chi connectivity index (χ0n) is 14.4. The molecule has 0 N–H and O–H groups in total. The summed E-state index contributed by atoms with van der Waals surface area (Å²) in [6.45, 7) is 0.814. The molecule has 0 spiro atoms. The number of aromatic nitrogens is 2. The molecule has 0 atom stereocenters. The van der Waals surface area contributed by atoms with Gasteiger partial charge in [-0.2, -0.15) is 19.0 Å². The Labute approximate surface area is 164 Å². The van der Waals surface area contributed by atoms with E-state index < -0.39 is 14.9 Å². The van der Waals surface area contributed by atoms with Gasteiger partial charge in [-0.1, -0.05) is 23.5 Å². The highest BCUT2D eigenvalue weighted by Gasteiger charge is 2.34. The molecule has 3 aromatic rings. The fourth-order valence-corrected chi connectivity index (χ4v) is 5.48. The van der Waals surface area contributed by atoms with Crippen LogP contribution in [-0.4, -0.2) is 53.2 Å². The third kappa shape index (κ3) is 2.89. The van der Waals surface area contributed by atoms with Crippen molar-refractivity contribution in [1.29, 1.82) is 5.26 Å². The predicted octanol–water partition coefficient (Wildman–Crippen LogP) is 1.69. The minimum atomic E-state index is -3.82. The number of hydrogen-bond donors (Lipinski definition) is 0. The summed E-state index contributed by atoms with van der Waals surface area (Å²) in [5.41, 5.74) is 0.0925. The van der Waals surface area contributed by atoms with Crippen LogP contribution >= 0.6 is 11.3 Å². The first-order chi connectivity index (χ1) is 13.4. The number of piperazine rings is 1. The summed E-state index contributed by atoms with van der Waals surface area (Å²) in [5.74, 6) is 0.119. The first-order valence-corrected chi connectivity index (χ1v) is 10.6. The van der Waals surface area contributed by atoms with Crippen molar-refractivity contribution in [1.82, 2.24) is 13.7 Å². The highest BCUT2D eigenvalue weighted by atomic mass is 32.2. The predicted molar refractivity (Wildman–Crippen MR) is 102 cm³/mol. The zero-order chi connectivity index (χ0) is 19.9. The van der Waals surface area contributed by atoms with Crippen molar-refractivity contribution in [3.8, 4) is 6.07 Å². The first-order valence-electron chi connectivity index (χ1n) is 8.27. The first kappa shape index (κ1) is 18.4. The lowest BCUT2D eigenvalue weighted by molar-refractivity contribution is -0.389. The highest BCUT2D eigenvalue weighted by molar-refractivity contribution is 7.89. The van der Waals surface area contributed by atoms with Gasteiger partial charge in [0, 0.05) is 31.6 Å². The minimum Gasteiger partial charge on any atom is -0.358 e. The van der Waals surface area contributed by atoms with Gasteiger partial charge in [0.25, 0.3) is 4.96 Å². The van der Waals surface area contributed by atoms with E-state index in [1.54, 1.807) is 28.6 Å². The van der Waals surface area contributed by atoms with Gasteiger partial charge >= 0.3 is 5.82 Å². The molecule has 3 heterocycles. The number of thiazole rings is 1. The van der Waals surface area contributed by atoms with Crippen molar-refractivity contribution in [3.05, 3.63) is 51.5 Å². The molecule has 0 amide bonds. The lowest BCUT2D eigenvalue weighted by atomic mass is 10.2. The normalized spacial score (nSPS) is 15.6. The Hall–Kier alpha value is -3.01. The highest BCUT2D eigenvalue weighted by Crippen LogP contribution is 2.32. The summed E-state index contributed by atoms with van der Waals surface area (Å²) in [7, 11) is -3.82. The number of nitro groups is 1. The van der Waals surface area contributed by atoms with Gasteiger partial charge in [0.2, 0.25) is 15.8 Å². The molecule has 1 aliphatic heterocycles. The smallest absolute Gasteiger partial charge is 0.358 e. The molecule has 4 rings (SSSR count). The molecule has 0 unspecified atom stereocenters. The summed E-state index contributed by atoms with van der Waals surface area (Å²) >= 11 is 1.29. The van der Waals surface area contributed by atoms with E-state index in [-0.39, 0.29) is 48.3 Å². The van der Waals surface area contributed by atoms with Crippen LogP contribution in [0.4, 0.5) is 11.6 Å². The molecule has 10 nitrogen and oxygen atoms in total. The zero-order valence-corrected chi connectivity index (χ0v) is 16.1. The Balaban J connectivity index is 1.59. The third-order valence-electron chi connectivity index (χ3n) is 4.56. The summed E-state index contributed by atoms with van der Waals surface area (Å²) in [6.07, 6.45) is 1.59. The van der Waals surface area contributed by atoms with Crippen molar-refractivity contribution in [2.75, 3.05) is 31.1 Å². The summed E-state index contributed by atoms with van der Waals surface area (Å²) in [5, 5.41) is 22.4. The van der Waals surface area contributed by atoms with Gasteiger partial charge in [0.15, 0.2) is 0 Å². The lowest BCUT2D eigenvalue weighted by Gasteiger charge is -2.33. The fraction of sp³-hybridized carbons (Fsp3) is 0.250. The topological polar surface area (TPSA) is 125 Å². The SMILES string of the molecule is N#Cc1ccccc1S(=O)(=O)N1CCN(c2nc3sccn3c2[N+](=O)[O-])CC1. The van der Waals surface area contributed by atoms with E-state index in [1.165, 1.54) is 32.2 Å². The molecule has 28 heavy (non-hydrogen) atoms. The summed E-state index contributed by atoms with van der Waals surface area (Å²) in [6, 6.07) is 7.96. The molecule has 1 aliphatic rings. The molecule has 0 radical (unpaired) electrons. The van der Waals surface area contributed by atoms with Crippen LogP contribution in [0.25, 0.3) is 4.96 Å². The number of anilines is 1. The van der Waals surface area contributed by atoms with Crippen LogP contribution in [0.1, 0.15) is 5.56 Å². The third-order valence-corrected chi connectivity index (χ3v) is 7.27. The van der Waals surface area contributed by atoms with Crippen LogP contribution in [0, 0.1) is 21.4 Å². The van der Waals surface area contributed by atoms with Gasteiger partial charge in [-0.3, -0.25) is 0 Å². The maximum absolute atomic E-state index is 12.9. The van der Waals surface area contributed by atoms with Crippen LogP contribution in [0.3, 0.4) is 0 Å². The number of fused-ring (bicyclic) bond motifs is 1. The second-order valence-electron chi connectivity index (χ2n) is 6.07. The number of nitriles is 1. The van der Waals surface area contributed by atoms with Crippen LogP contribution in [-0.2, 0) is 10.0 Å². The van der Waals surface area contributed by atoms with E-state index in [0.29, 0.717) is 4.96 Å². The van der Waals surface area contributed by atoms with E-state index in [2.05, 4.69) is 4.98 Å². The Morgan fingerprint density at radius 3 is 2.61 bits per heavy atom. The lowest BCUT2D eigenvalue weighted by Crippen LogP contribution is -2.49. The molecule has 144 valence electrons. The monoisotopic (exact) mass is 418 g/mol. The molecule has 12 heteroatoms. The number of sulfonamides is 1. The second-order valence-corrected chi connectivity index (χ2v) is 8.85. The van der Waals surface area contributed by atoms with E-state index in [9.17, 15) is 23.8 Å². The summed E-state index contributed by atoms with van der Waals surface area (Å²) in [4.78, 5) is 17.6. The van der Waals surface area contributed by atoms with Gasteiger partial charge in [0.05, 0.1) is 10.5 Å².